The van der Waals surface area contributed by atoms with Crippen molar-refractivity contribution in [3.8, 4) is 0 Å². The van der Waals surface area contributed by atoms with Gasteiger partial charge in [0.2, 0.25) is 0 Å². The fourth-order valence-electron chi connectivity index (χ4n) is 1.39. The van der Waals surface area contributed by atoms with Gasteiger partial charge in [-0.3, -0.25) is 0 Å². The highest BCUT2D eigenvalue weighted by Gasteiger charge is 2.07. The van der Waals surface area contributed by atoms with E-state index in [1.165, 1.54) is 0 Å². The monoisotopic (exact) mass is 234 g/mol. The number of aliphatic hydroxyl groups is 2. The molecule has 0 aromatic carbocycles. The summed E-state index contributed by atoms with van der Waals surface area (Å²) in [6, 6.07) is 0. The van der Waals surface area contributed by atoms with Gasteiger partial charge in [0.25, 0.3) is 0 Å². The zero-order valence-electron chi connectivity index (χ0n) is 10.1. The van der Waals surface area contributed by atoms with Gasteiger partial charge in [0, 0.05) is 11.5 Å². The molecule has 0 saturated heterocycles. The molecule has 92 valence electrons. The highest BCUT2D eigenvalue weighted by Crippen LogP contribution is 2.12. The lowest BCUT2D eigenvalue weighted by Gasteiger charge is -2.12. The first-order valence-electron chi connectivity index (χ1n) is 6.14. The van der Waals surface area contributed by atoms with Gasteiger partial charge in [0.05, 0.1) is 12.2 Å². The van der Waals surface area contributed by atoms with Crippen LogP contribution in [0.4, 0.5) is 0 Å². The van der Waals surface area contributed by atoms with E-state index in [0.29, 0.717) is 0 Å². The van der Waals surface area contributed by atoms with Crippen molar-refractivity contribution >= 4 is 11.8 Å². The minimum absolute atomic E-state index is 0.187. The standard InChI is InChI=1S/C12H26O2S/c1-3-5-7-11(13)9-15-10-12(14)8-6-4-2/h11-14H,3-10H2,1-2H3. The second-order valence-corrected chi connectivity index (χ2v) is 5.20. The molecule has 0 bridgehead atoms. The summed E-state index contributed by atoms with van der Waals surface area (Å²) < 4.78 is 0. The van der Waals surface area contributed by atoms with Gasteiger partial charge in [0.1, 0.15) is 0 Å². The van der Waals surface area contributed by atoms with Crippen LogP contribution in [0.2, 0.25) is 0 Å². The molecule has 0 aliphatic carbocycles. The minimum Gasteiger partial charge on any atom is -0.392 e. The lowest BCUT2D eigenvalue weighted by molar-refractivity contribution is 0.181. The first kappa shape index (κ1) is 15.3. The molecule has 0 rings (SSSR count). The van der Waals surface area contributed by atoms with Gasteiger partial charge in [-0.25, -0.2) is 0 Å². The van der Waals surface area contributed by atoms with Crippen LogP contribution in [0.15, 0.2) is 0 Å². The van der Waals surface area contributed by atoms with Crippen molar-refractivity contribution in [3.63, 3.8) is 0 Å². The molecule has 15 heavy (non-hydrogen) atoms. The van der Waals surface area contributed by atoms with E-state index in [1.54, 1.807) is 11.8 Å². The number of aliphatic hydroxyl groups excluding tert-OH is 2. The zero-order chi connectivity index (χ0) is 11.5. The van der Waals surface area contributed by atoms with Crippen molar-refractivity contribution in [3.05, 3.63) is 0 Å². The molecule has 3 heteroatoms. The van der Waals surface area contributed by atoms with Crippen LogP contribution >= 0.6 is 11.8 Å². The topological polar surface area (TPSA) is 40.5 Å². The third kappa shape index (κ3) is 10.6. The largest absolute Gasteiger partial charge is 0.392 e. The first-order chi connectivity index (χ1) is 7.20. The van der Waals surface area contributed by atoms with Crippen molar-refractivity contribution in [2.75, 3.05) is 11.5 Å². The second kappa shape index (κ2) is 10.8. The van der Waals surface area contributed by atoms with Crippen LogP contribution in [-0.4, -0.2) is 33.9 Å². The summed E-state index contributed by atoms with van der Waals surface area (Å²) in [6.45, 7) is 4.27. The molecule has 0 aromatic heterocycles. The Kier molecular flexibility index (Phi) is 11.0. The fraction of sp³-hybridized carbons (Fsp3) is 1.00. The van der Waals surface area contributed by atoms with E-state index in [2.05, 4.69) is 13.8 Å². The van der Waals surface area contributed by atoms with Gasteiger partial charge in [-0.2, -0.15) is 11.8 Å². The van der Waals surface area contributed by atoms with Gasteiger partial charge in [0.15, 0.2) is 0 Å². The molecule has 0 saturated carbocycles. The van der Waals surface area contributed by atoms with E-state index in [0.717, 1.165) is 50.0 Å². The Hall–Kier alpha value is 0.270. The fourth-order valence-corrected chi connectivity index (χ4v) is 2.40. The van der Waals surface area contributed by atoms with E-state index in [9.17, 15) is 10.2 Å². The van der Waals surface area contributed by atoms with E-state index in [-0.39, 0.29) is 12.2 Å². The van der Waals surface area contributed by atoms with E-state index in [1.807, 2.05) is 0 Å². The Morgan fingerprint density at radius 3 is 1.60 bits per heavy atom. The van der Waals surface area contributed by atoms with Crippen LogP contribution in [0, 0.1) is 0 Å². The number of rotatable bonds is 10. The molecule has 2 unspecified atom stereocenters. The Bertz CT molecular complexity index is 117. The van der Waals surface area contributed by atoms with Crippen LogP contribution in [0.25, 0.3) is 0 Å². The highest BCUT2D eigenvalue weighted by atomic mass is 32.2. The molecule has 0 fully saturated rings. The van der Waals surface area contributed by atoms with Gasteiger partial charge in [-0.05, 0) is 12.8 Å². The summed E-state index contributed by atoms with van der Waals surface area (Å²) >= 11 is 1.67. The van der Waals surface area contributed by atoms with E-state index >= 15 is 0 Å². The third-order valence-electron chi connectivity index (χ3n) is 2.40. The predicted octanol–water partition coefficient (Wildman–Crippen LogP) is 2.82. The number of hydrogen-bond acceptors (Lipinski definition) is 3. The van der Waals surface area contributed by atoms with Crippen LogP contribution in [0.3, 0.4) is 0 Å². The molecule has 2 nitrogen and oxygen atoms in total. The SMILES string of the molecule is CCCCC(O)CSCC(O)CCCC. The number of hydrogen-bond donors (Lipinski definition) is 2. The molecule has 2 atom stereocenters. The smallest absolute Gasteiger partial charge is 0.0630 e. The lowest BCUT2D eigenvalue weighted by atomic mass is 10.2. The summed E-state index contributed by atoms with van der Waals surface area (Å²) in [4.78, 5) is 0. The molecular formula is C12H26O2S. The summed E-state index contributed by atoms with van der Waals surface area (Å²) in [5.74, 6) is 1.53. The third-order valence-corrected chi connectivity index (χ3v) is 3.64. The number of thioether (sulfide) groups is 1. The molecule has 0 spiro atoms. The molecule has 0 amide bonds. The molecule has 0 radical (unpaired) electrons. The minimum atomic E-state index is -0.187. The molecule has 0 aromatic rings. The van der Waals surface area contributed by atoms with Crippen molar-refractivity contribution in [2.45, 2.75) is 64.6 Å². The summed E-state index contributed by atoms with van der Waals surface area (Å²) in [5.41, 5.74) is 0. The van der Waals surface area contributed by atoms with E-state index in [4.69, 9.17) is 0 Å². The molecule has 0 aliphatic rings. The van der Waals surface area contributed by atoms with Crippen molar-refractivity contribution in [2.24, 2.45) is 0 Å². The predicted molar refractivity (Wildman–Crippen MR) is 68.4 cm³/mol. The van der Waals surface area contributed by atoms with Crippen molar-refractivity contribution in [1.82, 2.24) is 0 Å². The molecule has 0 heterocycles. The summed E-state index contributed by atoms with van der Waals surface area (Å²) in [5, 5.41) is 19.1. The Balaban J connectivity index is 3.27. The van der Waals surface area contributed by atoms with Crippen LogP contribution < -0.4 is 0 Å². The molecule has 0 aliphatic heterocycles. The summed E-state index contributed by atoms with van der Waals surface area (Å²) in [6.07, 6.45) is 5.90. The lowest BCUT2D eigenvalue weighted by Crippen LogP contribution is -2.14. The molecular weight excluding hydrogens is 208 g/mol. The number of unbranched alkanes of at least 4 members (excludes halogenated alkanes) is 2. The second-order valence-electron chi connectivity index (χ2n) is 4.13. The maximum absolute atomic E-state index is 9.57. The summed E-state index contributed by atoms with van der Waals surface area (Å²) in [7, 11) is 0. The van der Waals surface area contributed by atoms with Crippen molar-refractivity contribution in [1.29, 1.82) is 0 Å². The van der Waals surface area contributed by atoms with Crippen LogP contribution in [0.1, 0.15) is 52.4 Å². The van der Waals surface area contributed by atoms with E-state index < -0.39 is 0 Å². The average molecular weight is 234 g/mol. The normalized spacial score (nSPS) is 15.2. The zero-order valence-corrected chi connectivity index (χ0v) is 10.9. The van der Waals surface area contributed by atoms with Gasteiger partial charge < -0.3 is 10.2 Å². The maximum Gasteiger partial charge on any atom is 0.0630 e. The maximum atomic E-state index is 9.57. The quantitative estimate of drug-likeness (QED) is 0.610. The Morgan fingerprint density at radius 1 is 0.867 bits per heavy atom. The van der Waals surface area contributed by atoms with Gasteiger partial charge in [-0.15, -0.1) is 0 Å². The van der Waals surface area contributed by atoms with Gasteiger partial charge in [-0.1, -0.05) is 39.5 Å². The van der Waals surface area contributed by atoms with Gasteiger partial charge >= 0.3 is 0 Å². The Morgan fingerprint density at radius 2 is 1.27 bits per heavy atom. The Labute approximate surface area is 98.5 Å². The average Bonchev–Trinajstić information content (AvgIpc) is 2.23. The highest BCUT2D eigenvalue weighted by molar-refractivity contribution is 7.99. The van der Waals surface area contributed by atoms with Crippen molar-refractivity contribution < 1.29 is 10.2 Å². The van der Waals surface area contributed by atoms with Crippen LogP contribution in [-0.2, 0) is 0 Å². The van der Waals surface area contributed by atoms with Crippen LogP contribution in [0.5, 0.6) is 0 Å². The first-order valence-corrected chi connectivity index (χ1v) is 7.30. The molecule has 2 N–H and O–H groups in total.